The molecule has 0 unspecified atom stereocenters. The Morgan fingerprint density at radius 2 is 2.00 bits per heavy atom. The number of pyridine rings is 1. The van der Waals surface area contributed by atoms with E-state index in [-0.39, 0.29) is 10.6 Å². The molecule has 3 rings (SSSR count). The van der Waals surface area contributed by atoms with Crippen molar-refractivity contribution in [2.45, 2.75) is 6.92 Å². The zero-order valence-corrected chi connectivity index (χ0v) is 12.5. The molecule has 0 saturated heterocycles. The Hall–Kier alpha value is -2.11. The lowest BCUT2D eigenvalue weighted by molar-refractivity contribution is 0.100. The SMILES string of the molecule is Cc1nn(-c2ccccc2Cl)c2ncc(C(N)=O)c(Cl)c12. The van der Waals surface area contributed by atoms with Crippen molar-refractivity contribution in [3.63, 3.8) is 0 Å². The van der Waals surface area contributed by atoms with Gasteiger partial charge in [-0.25, -0.2) is 9.67 Å². The number of para-hydroxylation sites is 1. The third-order valence-electron chi connectivity index (χ3n) is 3.15. The summed E-state index contributed by atoms with van der Waals surface area (Å²) in [6.45, 7) is 1.79. The van der Waals surface area contributed by atoms with Crippen LogP contribution in [0.25, 0.3) is 16.7 Å². The summed E-state index contributed by atoms with van der Waals surface area (Å²) in [4.78, 5) is 15.6. The molecule has 0 aliphatic heterocycles. The van der Waals surface area contributed by atoms with Gasteiger partial charge in [0.05, 0.1) is 32.4 Å². The minimum atomic E-state index is -0.626. The summed E-state index contributed by atoms with van der Waals surface area (Å²) in [6, 6.07) is 7.27. The second-order valence-electron chi connectivity index (χ2n) is 4.50. The van der Waals surface area contributed by atoms with Gasteiger partial charge >= 0.3 is 0 Å². The van der Waals surface area contributed by atoms with Gasteiger partial charge in [-0.1, -0.05) is 35.3 Å². The molecule has 0 aliphatic carbocycles. The van der Waals surface area contributed by atoms with Crippen molar-refractivity contribution < 1.29 is 4.79 Å². The molecule has 5 nitrogen and oxygen atoms in total. The minimum absolute atomic E-state index is 0.172. The van der Waals surface area contributed by atoms with Crippen molar-refractivity contribution in [2.75, 3.05) is 0 Å². The molecule has 1 amide bonds. The van der Waals surface area contributed by atoms with E-state index < -0.39 is 5.91 Å². The fourth-order valence-corrected chi connectivity index (χ4v) is 2.75. The Morgan fingerprint density at radius 1 is 1.29 bits per heavy atom. The Labute approximate surface area is 130 Å². The van der Waals surface area contributed by atoms with Crippen LogP contribution in [0.2, 0.25) is 10.0 Å². The van der Waals surface area contributed by atoms with E-state index in [0.717, 1.165) is 0 Å². The van der Waals surface area contributed by atoms with Gasteiger partial charge in [0.1, 0.15) is 0 Å². The molecule has 1 aromatic carbocycles. The minimum Gasteiger partial charge on any atom is -0.366 e. The normalized spacial score (nSPS) is 11.0. The van der Waals surface area contributed by atoms with Crippen LogP contribution in [-0.2, 0) is 0 Å². The van der Waals surface area contributed by atoms with Crippen molar-refractivity contribution in [3.8, 4) is 5.69 Å². The molecule has 106 valence electrons. The van der Waals surface area contributed by atoms with E-state index in [1.807, 2.05) is 18.2 Å². The highest BCUT2D eigenvalue weighted by molar-refractivity contribution is 6.38. The Bertz CT molecular complexity index is 873. The summed E-state index contributed by atoms with van der Waals surface area (Å²) >= 11 is 12.4. The molecule has 21 heavy (non-hydrogen) atoms. The zero-order valence-electron chi connectivity index (χ0n) is 11.0. The van der Waals surface area contributed by atoms with E-state index >= 15 is 0 Å². The first-order valence-electron chi connectivity index (χ1n) is 6.09. The number of amides is 1. The summed E-state index contributed by atoms with van der Waals surface area (Å²) < 4.78 is 1.60. The number of carbonyl (C=O) groups excluding carboxylic acids is 1. The average Bonchev–Trinajstić information content (AvgIpc) is 2.77. The highest BCUT2D eigenvalue weighted by atomic mass is 35.5. The van der Waals surface area contributed by atoms with Gasteiger partial charge in [0, 0.05) is 6.20 Å². The van der Waals surface area contributed by atoms with Crippen molar-refractivity contribution in [1.82, 2.24) is 14.8 Å². The monoisotopic (exact) mass is 320 g/mol. The molecule has 0 saturated carbocycles. The number of carbonyl (C=O) groups is 1. The number of fused-ring (bicyclic) bond motifs is 1. The van der Waals surface area contributed by atoms with Crippen molar-refractivity contribution in [1.29, 1.82) is 0 Å². The van der Waals surface area contributed by atoms with Crippen molar-refractivity contribution >= 4 is 40.1 Å². The predicted molar refractivity (Wildman–Crippen MR) is 82.1 cm³/mol. The van der Waals surface area contributed by atoms with E-state index in [4.69, 9.17) is 28.9 Å². The van der Waals surface area contributed by atoms with E-state index in [0.29, 0.717) is 27.4 Å². The number of nitrogens with two attached hydrogens (primary N) is 1. The Kier molecular flexibility index (Phi) is 3.31. The molecule has 7 heteroatoms. The fraction of sp³-hybridized carbons (Fsp3) is 0.0714. The van der Waals surface area contributed by atoms with Gasteiger partial charge in [0.15, 0.2) is 5.65 Å². The third-order valence-corrected chi connectivity index (χ3v) is 3.87. The van der Waals surface area contributed by atoms with Gasteiger partial charge in [-0.05, 0) is 19.1 Å². The molecule has 2 heterocycles. The van der Waals surface area contributed by atoms with Gasteiger partial charge in [-0.15, -0.1) is 0 Å². The van der Waals surface area contributed by atoms with Crippen LogP contribution in [-0.4, -0.2) is 20.7 Å². The van der Waals surface area contributed by atoms with Gasteiger partial charge in [-0.2, -0.15) is 5.10 Å². The smallest absolute Gasteiger partial charge is 0.251 e. The maximum Gasteiger partial charge on any atom is 0.251 e. The third kappa shape index (κ3) is 2.14. The van der Waals surface area contributed by atoms with Crippen molar-refractivity contribution in [2.24, 2.45) is 5.73 Å². The lowest BCUT2D eigenvalue weighted by Crippen LogP contribution is -2.12. The van der Waals surface area contributed by atoms with Crippen LogP contribution in [0.5, 0.6) is 0 Å². The molecule has 2 aromatic heterocycles. The van der Waals surface area contributed by atoms with Crippen LogP contribution in [0.15, 0.2) is 30.5 Å². The van der Waals surface area contributed by atoms with Crippen LogP contribution >= 0.6 is 23.2 Å². The largest absolute Gasteiger partial charge is 0.366 e. The maximum atomic E-state index is 11.4. The predicted octanol–water partition coefficient (Wildman–Crippen LogP) is 3.13. The lowest BCUT2D eigenvalue weighted by Gasteiger charge is -2.05. The van der Waals surface area contributed by atoms with Gasteiger partial charge in [0.2, 0.25) is 0 Å². The maximum absolute atomic E-state index is 11.4. The van der Waals surface area contributed by atoms with E-state index in [1.165, 1.54) is 6.20 Å². The molecule has 0 atom stereocenters. The molecule has 3 aromatic rings. The number of nitrogens with zero attached hydrogens (tertiary/aromatic N) is 3. The number of aromatic nitrogens is 3. The number of rotatable bonds is 2. The first-order chi connectivity index (χ1) is 10.0. The van der Waals surface area contributed by atoms with E-state index in [2.05, 4.69) is 10.1 Å². The number of benzene rings is 1. The summed E-state index contributed by atoms with van der Waals surface area (Å²) in [5, 5.41) is 5.80. The lowest BCUT2D eigenvalue weighted by atomic mass is 10.2. The zero-order chi connectivity index (χ0) is 15.1. The quantitative estimate of drug-likeness (QED) is 0.788. The average molecular weight is 321 g/mol. The standard InChI is InChI=1S/C14H10Cl2N4O/c1-7-11-12(16)8(13(17)21)6-18-14(11)20(19-7)10-5-3-2-4-9(10)15/h2-6H,1H3,(H2,17,21). The number of halogens is 2. The van der Waals surface area contributed by atoms with Crippen LogP contribution in [0.4, 0.5) is 0 Å². The number of primary amides is 1. The summed E-state index contributed by atoms with van der Waals surface area (Å²) in [5.74, 6) is -0.626. The summed E-state index contributed by atoms with van der Waals surface area (Å²) in [5.41, 5.74) is 7.31. The molecule has 0 aliphatic rings. The van der Waals surface area contributed by atoms with Crippen LogP contribution in [0.3, 0.4) is 0 Å². The number of hydrogen-bond donors (Lipinski definition) is 1. The second-order valence-corrected chi connectivity index (χ2v) is 5.28. The molecule has 0 spiro atoms. The van der Waals surface area contributed by atoms with E-state index in [9.17, 15) is 4.79 Å². The van der Waals surface area contributed by atoms with E-state index in [1.54, 1.807) is 17.7 Å². The molecule has 0 fully saturated rings. The van der Waals surface area contributed by atoms with Gasteiger partial charge in [-0.3, -0.25) is 4.79 Å². The highest BCUT2D eigenvalue weighted by Crippen LogP contribution is 2.31. The first-order valence-corrected chi connectivity index (χ1v) is 6.85. The molecule has 0 radical (unpaired) electrons. The summed E-state index contributed by atoms with van der Waals surface area (Å²) in [6.07, 6.45) is 1.35. The molecule has 2 N–H and O–H groups in total. The van der Waals surface area contributed by atoms with Gasteiger partial charge in [0.25, 0.3) is 5.91 Å². The van der Waals surface area contributed by atoms with Crippen LogP contribution < -0.4 is 5.73 Å². The highest BCUT2D eigenvalue weighted by Gasteiger charge is 2.19. The molecular weight excluding hydrogens is 311 g/mol. The van der Waals surface area contributed by atoms with Crippen LogP contribution in [0, 0.1) is 6.92 Å². The molecular formula is C14H10Cl2N4O. The Morgan fingerprint density at radius 3 is 2.67 bits per heavy atom. The summed E-state index contributed by atoms with van der Waals surface area (Å²) in [7, 11) is 0. The first kappa shape index (κ1) is 13.9. The fourth-order valence-electron chi connectivity index (χ4n) is 2.17. The number of aryl methyl sites for hydroxylation is 1. The van der Waals surface area contributed by atoms with Crippen molar-refractivity contribution in [3.05, 3.63) is 51.8 Å². The topological polar surface area (TPSA) is 73.8 Å². The second kappa shape index (κ2) is 5.02. The Balaban J connectivity index is 2.36. The number of hydrogen-bond acceptors (Lipinski definition) is 3. The van der Waals surface area contributed by atoms with Gasteiger partial charge < -0.3 is 5.73 Å². The van der Waals surface area contributed by atoms with Crippen LogP contribution in [0.1, 0.15) is 16.1 Å². The molecule has 0 bridgehead atoms.